The monoisotopic (exact) mass is 270 g/mol. The van der Waals surface area contributed by atoms with Gasteiger partial charge in [-0.25, -0.2) is 0 Å². The van der Waals surface area contributed by atoms with Gasteiger partial charge in [-0.15, -0.1) is 12.4 Å². The van der Waals surface area contributed by atoms with Gasteiger partial charge in [0.2, 0.25) is 5.91 Å². The van der Waals surface area contributed by atoms with Gasteiger partial charge in [-0.3, -0.25) is 4.79 Å². The van der Waals surface area contributed by atoms with Gasteiger partial charge in [-0.05, 0) is 25.3 Å². The molecule has 0 spiro atoms. The second kappa shape index (κ2) is 10.8. The van der Waals surface area contributed by atoms with Crippen molar-refractivity contribution in [2.24, 2.45) is 11.5 Å². The first-order chi connectivity index (χ1) is 7.97. The summed E-state index contributed by atoms with van der Waals surface area (Å²) in [7, 11) is 0. The normalized spacial score (nSPS) is 10.4. The summed E-state index contributed by atoms with van der Waals surface area (Å²) >= 11 is 0. The lowest BCUT2D eigenvalue weighted by molar-refractivity contribution is -0.114. The zero-order chi connectivity index (χ0) is 13.3. The van der Waals surface area contributed by atoms with E-state index in [4.69, 9.17) is 11.5 Å². The zero-order valence-electron chi connectivity index (χ0n) is 11.1. The molecule has 0 aliphatic rings. The van der Waals surface area contributed by atoms with Gasteiger partial charge < -0.3 is 11.5 Å². The molecule has 1 unspecified atom stereocenters. The van der Waals surface area contributed by atoms with Crippen molar-refractivity contribution in [1.82, 2.24) is 0 Å². The van der Waals surface area contributed by atoms with Crippen molar-refractivity contribution in [1.29, 1.82) is 0 Å². The Labute approximate surface area is 116 Å². The van der Waals surface area contributed by atoms with Crippen LogP contribution in [0.5, 0.6) is 0 Å². The van der Waals surface area contributed by atoms with E-state index in [1.54, 1.807) is 6.92 Å². The topological polar surface area (TPSA) is 69.1 Å². The minimum atomic E-state index is -0.435. The van der Waals surface area contributed by atoms with Crippen molar-refractivity contribution in [2.75, 3.05) is 0 Å². The summed E-state index contributed by atoms with van der Waals surface area (Å²) in [6.07, 6.45) is 2.05. The van der Waals surface area contributed by atoms with Crippen LogP contribution in [0.3, 0.4) is 0 Å². The maximum Gasteiger partial charge on any atom is 0.243 e. The van der Waals surface area contributed by atoms with E-state index in [9.17, 15) is 4.79 Å². The standard InChI is InChI=1S/C10H15N.C4H7NO.ClH/c1-2-10(11)8-9-6-4-3-5-7-9;1-3(2)4(5)6;/h3-7,10H,2,8,11H2,1H3;1H2,2H3,(H2,5,6);1H. The molecule has 4 heteroatoms. The molecule has 0 radical (unpaired) electrons. The number of hydrogen-bond donors (Lipinski definition) is 2. The number of hydrogen-bond acceptors (Lipinski definition) is 2. The number of halogens is 1. The average Bonchev–Trinajstić information content (AvgIpc) is 2.31. The third-order valence-corrected chi connectivity index (χ3v) is 2.29. The summed E-state index contributed by atoms with van der Waals surface area (Å²) < 4.78 is 0. The predicted octanol–water partition coefficient (Wildman–Crippen LogP) is 2.44. The number of rotatable bonds is 4. The van der Waals surface area contributed by atoms with Crippen LogP contribution >= 0.6 is 12.4 Å². The van der Waals surface area contributed by atoms with Gasteiger partial charge in [-0.2, -0.15) is 0 Å². The van der Waals surface area contributed by atoms with E-state index in [1.165, 1.54) is 5.56 Å². The van der Waals surface area contributed by atoms with Crippen LogP contribution in [0, 0.1) is 0 Å². The van der Waals surface area contributed by atoms with Gasteiger partial charge in [0.05, 0.1) is 0 Å². The largest absolute Gasteiger partial charge is 0.366 e. The van der Waals surface area contributed by atoms with Crippen molar-refractivity contribution < 1.29 is 4.79 Å². The van der Waals surface area contributed by atoms with Crippen molar-refractivity contribution in [2.45, 2.75) is 32.7 Å². The molecule has 0 aromatic heterocycles. The summed E-state index contributed by atoms with van der Waals surface area (Å²) in [5.41, 5.74) is 12.2. The Kier molecular flexibility index (Phi) is 11.4. The molecule has 0 aliphatic carbocycles. The molecule has 1 aromatic carbocycles. The summed E-state index contributed by atoms with van der Waals surface area (Å²) in [5, 5.41) is 0. The minimum absolute atomic E-state index is 0. The molecule has 1 rings (SSSR count). The molecule has 1 atom stereocenters. The lowest BCUT2D eigenvalue weighted by Gasteiger charge is -2.07. The number of carbonyl (C=O) groups excluding carboxylic acids is 1. The fourth-order valence-corrected chi connectivity index (χ4v) is 1.06. The van der Waals surface area contributed by atoms with Gasteiger partial charge in [-0.1, -0.05) is 43.8 Å². The first kappa shape index (κ1) is 19.0. The number of primary amides is 1. The number of amides is 1. The highest BCUT2D eigenvalue weighted by molar-refractivity contribution is 5.90. The zero-order valence-corrected chi connectivity index (χ0v) is 11.9. The molecule has 0 bridgehead atoms. The highest BCUT2D eigenvalue weighted by Gasteiger charge is 1.98. The summed E-state index contributed by atoms with van der Waals surface area (Å²) in [6.45, 7) is 6.97. The summed E-state index contributed by atoms with van der Waals surface area (Å²) in [6, 6.07) is 10.7. The Morgan fingerprint density at radius 2 is 1.78 bits per heavy atom. The number of nitrogens with two attached hydrogens (primary N) is 2. The predicted molar refractivity (Wildman–Crippen MR) is 79.7 cm³/mol. The Morgan fingerprint density at radius 1 is 1.33 bits per heavy atom. The lowest BCUT2D eigenvalue weighted by atomic mass is 10.1. The molecule has 0 heterocycles. The molecule has 4 N–H and O–H groups in total. The van der Waals surface area contributed by atoms with Gasteiger partial charge in [0, 0.05) is 11.6 Å². The molecule has 0 aliphatic heterocycles. The first-order valence-electron chi connectivity index (χ1n) is 5.72. The van der Waals surface area contributed by atoms with E-state index in [0.717, 1.165) is 12.8 Å². The van der Waals surface area contributed by atoms with E-state index in [2.05, 4.69) is 37.8 Å². The van der Waals surface area contributed by atoms with Crippen LogP contribution in [0.15, 0.2) is 42.5 Å². The van der Waals surface area contributed by atoms with Gasteiger partial charge in [0.15, 0.2) is 0 Å². The SMILES string of the molecule is C=C(C)C(N)=O.CCC(N)Cc1ccccc1.Cl. The highest BCUT2D eigenvalue weighted by Crippen LogP contribution is 2.02. The maximum atomic E-state index is 9.82. The molecule has 1 aromatic rings. The van der Waals surface area contributed by atoms with E-state index in [0.29, 0.717) is 11.6 Å². The number of benzene rings is 1. The lowest BCUT2D eigenvalue weighted by Crippen LogP contribution is -2.21. The quantitative estimate of drug-likeness (QED) is 0.825. The van der Waals surface area contributed by atoms with Crippen LogP contribution in [0.25, 0.3) is 0 Å². The van der Waals surface area contributed by atoms with Gasteiger partial charge in [0.25, 0.3) is 0 Å². The van der Waals surface area contributed by atoms with Crippen LogP contribution < -0.4 is 11.5 Å². The molecule has 0 fully saturated rings. The fourth-order valence-electron chi connectivity index (χ4n) is 1.06. The molecule has 0 saturated carbocycles. The molecule has 18 heavy (non-hydrogen) atoms. The molecule has 0 saturated heterocycles. The van der Waals surface area contributed by atoms with Crippen molar-refractivity contribution in [3.8, 4) is 0 Å². The number of carbonyl (C=O) groups is 1. The second-order valence-electron chi connectivity index (χ2n) is 4.00. The van der Waals surface area contributed by atoms with Gasteiger partial charge >= 0.3 is 0 Å². The minimum Gasteiger partial charge on any atom is -0.366 e. The smallest absolute Gasteiger partial charge is 0.243 e. The maximum absolute atomic E-state index is 9.82. The van der Waals surface area contributed by atoms with Crippen LogP contribution in [0.2, 0.25) is 0 Å². The van der Waals surface area contributed by atoms with Crippen LogP contribution in [-0.4, -0.2) is 11.9 Å². The van der Waals surface area contributed by atoms with Crippen molar-refractivity contribution in [3.05, 3.63) is 48.0 Å². The first-order valence-corrected chi connectivity index (χ1v) is 5.72. The average molecular weight is 271 g/mol. The third-order valence-electron chi connectivity index (χ3n) is 2.29. The third kappa shape index (κ3) is 9.87. The van der Waals surface area contributed by atoms with Crippen LogP contribution in [0.1, 0.15) is 25.8 Å². The Bertz CT molecular complexity index is 340. The Balaban J connectivity index is 0. The summed E-state index contributed by atoms with van der Waals surface area (Å²) in [5.74, 6) is -0.435. The molecular formula is C14H23ClN2O. The Hall–Kier alpha value is -1.32. The Morgan fingerprint density at radius 3 is 2.11 bits per heavy atom. The van der Waals surface area contributed by atoms with E-state index >= 15 is 0 Å². The van der Waals surface area contributed by atoms with Gasteiger partial charge in [0.1, 0.15) is 0 Å². The molecule has 1 amide bonds. The van der Waals surface area contributed by atoms with Crippen molar-refractivity contribution >= 4 is 18.3 Å². The van der Waals surface area contributed by atoms with E-state index in [-0.39, 0.29) is 12.4 Å². The van der Waals surface area contributed by atoms with E-state index in [1.807, 2.05) is 6.07 Å². The second-order valence-corrected chi connectivity index (χ2v) is 4.00. The molecule has 3 nitrogen and oxygen atoms in total. The van der Waals surface area contributed by atoms with Crippen molar-refractivity contribution in [3.63, 3.8) is 0 Å². The molecule has 102 valence electrons. The van der Waals surface area contributed by atoms with Crippen LogP contribution in [0.4, 0.5) is 0 Å². The highest BCUT2D eigenvalue weighted by atomic mass is 35.5. The van der Waals surface area contributed by atoms with E-state index < -0.39 is 5.91 Å². The fraction of sp³-hybridized carbons (Fsp3) is 0.357. The summed E-state index contributed by atoms with van der Waals surface area (Å²) in [4.78, 5) is 9.82. The van der Waals surface area contributed by atoms with Crippen LogP contribution in [-0.2, 0) is 11.2 Å². The molecular weight excluding hydrogens is 248 g/mol.